The van der Waals surface area contributed by atoms with E-state index in [9.17, 15) is 19.5 Å². The summed E-state index contributed by atoms with van der Waals surface area (Å²) in [5, 5.41) is 25.2. The molecule has 32 heavy (non-hydrogen) atoms. The number of rotatable bonds is 8. The maximum absolute atomic E-state index is 12.4. The van der Waals surface area contributed by atoms with Crippen molar-refractivity contribution in [3.8, 4) is 0 Å². The summed E-state index contributed by atoms with van der Waals surface area (Å²) in [6, 6.07) is 12.7. The zero-order valence-electron chi connectivity index (χ0n) is 17.8. The number of carbonyl (C=O) groups is 3. The fourth-order valence-corrected chi connectivity index (χ4v) is 3.65. The van der Waals surface area contributed by atoms with Gasteiger partial charge in [-0.1, -0.05) is 41.6 Å². The Kier molecular flexibility index (Phi) is 7.26. The number of hydrogen-bond donors (Lipinski definition) is 2. The number of anilines is 1. The van der Waals surface area contributed by atoms with Gasteiger partial charge in [0, 0.05) is 18.3 Å². The molecule has 2 amide bonds. The molecule has 1 heterocycles. The summed E-state index contributed by atoms with van der Waals surface area (Å²) in [7, 11) is 1.76. The number of nitrogens with zero attached hydrogens (tertiary/aromatic N) is 3. The van der Waals surface area contributed by atoms with E-state index in [0.29, 0.717) is 22.2 Å². The van der Waals surface area contributed by atoms with Gasteiger partial charge in [-0.3, -0.25) is 9.59 Å². The van der Waals surface area contributed by atoms with Gasteiger partial charge >= 0.3 is 0 Å². The molecule has 166 valence electrons. The topological polar surface area (TPSA) is 129 Å². The lowest BCUT2D eigenvalue weighted by atomic mass is 10.1. The van der Waals surface area contributed by atoms with Gasteiger partial charge in [-0.05, 0) is 43.7 Å². The van der Waals surface area contributed by atoms with E-state index >= 15 is 0 Å². The predicted octanol–water partition coefficient (Wildman–Crippen LogP) is 1.71. The van der Waals surface area contributed by atoms with Gasteiger partial charge in [0.25, 0.3) is 5.91 Å². The summed E-state index contributed by atoms with van der Waals surface area (Å²) in [5.74, 6) is -1.25. The Bertz CT molecular complexity index is 1140. The molecule has 0 radical (unpaired) electrons. The van der Waals surface area contributed by atoms with Crippen LogP contribution in [0.5, 0.6) is 0 Å². The molecule has 10 heteroatoms. The second-order valence-corrected chi connectivity index (χ2v) is 8.11. The Balaban J connectivity index is 1.57. The van der Waals surface area contributed by atoms with Crippen LogP contribution in [0.25, 0.3) is 0 Å². The Labute approximate surface area is 189 Å². The fraction of sp³-hybridized carbons (Fsp3) is 0.227. The van der Waals surface area contributed by atoms with Crippen molar-refractivity contribution in [3.05, 3.63) is 71.0 Å². The molecule has 1 atom stereocenters. The number of carbonyl (C=O) groups excluding carboxylic acids is 3. The molecule has 0 aliphatic carbocycles. The Morgan fingerprint density at radius 2 is 1.81 bits per heavy atom. The van der Waals surface area contributed by atoms with Crippen LogP contribution in [-0.2, 0) is 11.8 Å². The number of nitrogens with one attached hydrogen (secondary N) is 2. The highest BCUT2D eigenvalue weighted by molar-refractivity contribution is 7.99. The van der Waals surface area contributed by atoms with E-state index in [1.807, 2.05) is 26.0 Å². The quantitative estimate of drug-likeness (QED) is 0.498. The van der Waals surface area contributed by atoms with Gasteiger partial charge in [0.2, 0.25) is 5.91 Å². The number of amides is 2. The number of hydrogen-bond acceptors (Lipinski definition) is 7. The highest BCUT2D eigenvalue weighted by atomic mass is 32.2. The van der Waals surface area contributed by atoms with Gasteiger partial charge in [0.1, 0.15) is 0 Å². The molecule has 2 N–H and O–H groups in total. The van der Waals surface area contributed by atoms with E-state index in [1.54, 1.807) is 29.8 Å². The molecular formula is C22H22N5O4S-. The van der Waals surface area contributed by atoms with Gasteiger partial charge in [-0.2, -0.15) is 0 Å². The van der Waals surface area contributed by atoms with Gasteiger partial charge in [-0.15, -0.1) is 10.2 Å². The minimum Gasteiger partial charge on any atom is -0.545 e. The van der Waals surface area contributed by atoms with E-state index in [-0.39, 0.29) is 23.1 Å². The third kappa shape index (κ3) is 5.73. The van der Waals surface area contributed by atoms with Crippen LogP contribution in [0, 0.1) is 6.92 Å². The van der Waals surface area contributed by atoms with Gasteiger partial charge in [0.15, 0.2) is 11.0 Å². The average Bonchev–Trinajstić information content (AvgIpc) is 3.13. The zero-order chi connectivity index (χ0) is 23.3. The van der Waals surface area contributed by atoms with Crippen molar-refractivity contribution in [3.63, 3.8) is 0 Å². The van der Waals surface area contributed by atoms with Crippen LogP contribution in [-0.4, -0.2) is 38.3 Å². The molecule has 0 bridgehead atoms. The van der Waals surface area contributed by atoms with Crippen molar-refractivity contribution in [2.75, 3.05) is 11.1 Å². The molecule has 0 saturated carbocycles. The highest BCUT2D eigenvalue weighted by Gasteiger charge is 2.19. The number of thioether (sulfide) groups is 1. The molecule has 3 rings (SSSR count). The van der Waals surface area contributed by atoms with Crippen LogP contribution in [0.2, 0.25) is 0 Å². The third-order valence-electron chi connectivity index (χ3n) is 4.63. The molecule has 0 saturated heterocycles. The SMILES string of the molecule is Cc1ccc(C(=O)N[C@H](C)c2nnc(SCC(=O)Nc3cccc(C(=O)[O-])c3)n2C)cc1. The van der Waals surface area contributed by atoms with Crippen LogP contribution in [0.15, 0.2) is 53.7 Å². The minimum atomic E-state index is -1.31. The molecule has 2 aromatic carbocycles. The van der Waals surface area contributed by atoms with E-state index in [0.717, 1.165) is 5.56 Å². The van der Waals surface area contributed by atoms with E-state index < -0.39 is 12.0 Å². The summed E-state index contributed by atoms with van der Waals surface area (Å²) in [5.41, 5.74) is 1.97. The van der Waals surface area contributed by atoms with Gasteiger partial charge in [0.05, 0.1) is 17.8 Å². The first-order valence-electron chi connectivity index (χ1n) is 9.75. The van der Waals surface area contributed by atoms with Crippen molar-refractivity contribution in [2.24, 2.45) is 7.05 Å². The molecule has 0 fully saturated rings. The monoisotopic (exact) mass is 452 g/mol. The molecule has 0 aliphatic heterocycles. The standard InChI is InChI=1S/C22H23N5O4S/c1-13-7-9-15(10-8-13)20(29)23-14(2)19-25-26-22(27(19)3)32-12-18(28)24-17-6-4-5-16(11-17)21(30)31/h4-11,14H,12H2,1-3H3,(H,23,29)(H,24,28)(H,30,31)/p-1/t14-/m1/s1. The van der Waals surface area contributed by atoms with Crippen LogP contribution in [0.1, 0.15) is 45.1 Å². The number of carboxylic acid groups (broad SMARTS) is 1. The smallest absolute Gasteiger partial charge is 0.251 e. The second kappa shape index (κ2) is 10.1. The highest BCUT2D eigenvalue weighted by Crippen LogP contribution is 2.20. The zero-order valence-corrected chi connectivity index (χ0v) is 18.6. The molecule has 0 aliphatic rings. The lowest BCUT2D eigenvalue weighted by Crippen LogP contribution is -2.28. The lowest BCUT2D eigenvalue weighted by molar-refractivity contribution is -0.255. The Morgan fingerprint density at radius 3 is 2.50 bits per heavy atom. The normalized spacial score (nSPS) is 11.6. The number of benzene rings is 2. The summed E-state index contributed by atoms with van der Waals surface area (Å²) in [6.07, 6.45) is 0. The van der Waals surface area contributed by atoms with E-state index in [1.165, 1.54) is 30.0 Å². The molecule has 9 nitrogen and oxygen atoms in total. The molecule has 1 aromatic heterocycles. The van der Waals surface area contributed by atoms with Crippen molar-refractivity contribution in [1.29, 1.82) is 0 Å². The Morgan fingerprint density at radius 1 is 1.09 bits per heavy atom. The number of aromatic nitrogens is 3. The molecule has 0 unspecified atom stereocenters. The van der Waals surface area contributed by atoms with Crippen LogP contribution >= 0.6 is 11.8 Å². The Hall–Kier alpha value is -3.66. The maximum Gasteiger partial charge on any atom is 0.251 e. The summed E-state index contributed by atoms with van der Waals surface area (Å²) in [4.78, 5) is 35.6. The first-order chi connectivity index (χ1) is 15.2. The maximum atomic E-state index is 12.4. The first-order valence-corrected chi connectivity index (χ1v) is 10.7. The minimum absolute atomic E-state index is 0.0185. The van der Waals surface area contributed by atoms with Crippen molar-refractivity contribution >= 4 is 35.2 Å². The largest absolute Gasteiger partial charge is 0.545 e. The van der Waals surface area contributed by atoms with Crippen molar-refractivity contribution in [2.45, 2.75) is 25.0 Å². The second-order valence-electron chi connectivity index (χ2n) is 7.17. The summed E-state index contributed by atoms with van der Waals surface area (Å²) < 4.78 is 1.72. The summed E-state index contributed by atoms with van der Waals surface area (Å²) in [6.45, 7) is 3.76. The average molecular weight is 453 g/mol. The van der Waals surface area contributed by atoms with Crippen LogP contribution in [0.4, 0.5) is 5.69 Å². The number of aromatic carboxylic acids is 1. The van der Waals surface area contributed by atoms with Crippen LogP contribution < -0.4 is 15.7 Å². The number of carboxylic acids is 1. The molecule has 3 aromatic rings. The first kappa shape index (κ1) is 23.0. The van der Waals surface area contributed by atoms with Crippen molar-refractivity contribution in [1.82, 2.24) is 20.1 Å². The third-order valence-corrected chi connectivity index (χ3v) is 5.65. The van der Waals surface area contributed by atoms with E-state index in [2.05, 4.69) is 20.8 Å². The predicted molar refractivity (Wildman–Crippen MR) is 118 cm³/mol. The fourth-order valence-electron chi connectivity index (χ4n) is 2.93. The van der Waals surface area contributed by atoms with Gasteiger partial charge < -0.3 is 25.1 Å². The van der Waals surface area contributed by atoms with E-state index in [4.69, 9.17) is 0 Å². The molecular weight excluding hydrogens is 430 g/mol. The van der Waals surface area contributed by atoms with Crippen LogP contribution in [0.3, 0.4) is 0 Å². The van der Waals surface area contributed by atoms with Crippen molar-refractivity contribution < 1.29 is 19.5 Å². The summed E-state index contributed by atoms with van der Waals surface area (Å²) >= 11 is 1.18. The molecule has 0 spiro atoms. The lowest BCUT2D eigenvalue weighted by Gasteiger charge is -2.14. The van der Waals surface area contributed by atoms with Gasteiger partial charge in [-0.25, -0.2) is 0 Å². The number of aryl methyl sites for hydroxylation is 1.